The van der Waals surface area contributed by atoms with E-state index in [1.54, 1.807) is 0 Å². The molecule has 0 unspecified atom stereocenters. The smallest absolute Gasteiger partial charge is 0.00773 e. The van der Waals surface area contributed by atoms with Crippen LogP contribution in [0.5, 0.6) is 0 Å². The van der Waals surface area contributed by atoms with Crippen LogP contribution in [0.3, 0.4) is 0 Å². The van der Waals surface area contributed by atoms with Crippen molar-refractivity contribution >= 4 is 0 Å². The zero-order chi connectivity index (χ0) is 10.6. The second kappa shape index (κ2) is 10.3. The Balaban J connectivity index is 0.000000255. The standard InChI is InChI=1S/C8H10.C5H13N/c1-2-8-6-4-3-5-7-8;1-2-3-4-5-6/h3-7H,2H2,1H3;2-6H2,1H3. The summed E-state index contributed by atoms with van der Waals surface area (Å²) in [4.78, 5) is 0. The van der Waals surface area contributed by atoms with Crippen molar-refractivity contribution in [3.05, 3.63) is 35.9 Å². The minimum Gasteiger partial charge on any atom is -0.330 e. The van der Waals surface area contributed by atoms with Crippen molar-refractivity contribution in [2.75, 3.05) is 6.54 Å². The van der Waals surface area contributed by atoms with E-state index in [2.05, 4.69) is 38.1 Å². The van der Waals surface area contributed by atoms with E-state index in [0.29, 0.717) is 0 Å². The van der Waals surface area contributed by atoms with Crippen LogP contribution < -0.4 is 5.73 Å². The van der Waals surface area contributed by atoms with E-state index in [-0.39, 0.29) is 0 Å². The van der Waals surface area contributed by atoms with E-state index in [9.17, 15) is 0 Å². The van der Waals surface area contributed by atoms with Gasteiger partial charge in [0.15, 0.2) is 0 Å². The number of nitrogens with two attached hydrogens (primary N) is 1. The zero-order valence-corrected chi connectivity index (χ0v) is 9.50. The Hall–Kier alpha value is -0.820. The molecule has 0 spiro atoms. The molecular weight excluding hydrogens is 170 g/mol. The lowest BCUT2D eigenvalue weighted by molar-refractivity contribution is 0.727. The van der Waals surface area contributed by atoms with Crippen LogP contribution in [0.25, 0.3) is 0 Å². The first-order valence-corrected chi connectivity index (χ1v) is 5.59. The highest BCUT2D eigenvalue weighted by Crippen LogP contribution is 1.96. The summed E-state index contributed by atoms with van der Waals surface area (Å²) in [5.41, 5.74) is 6.62. The number of hydrogen-bond donors (Lipinski definition) is 1. The molecule has 1 aromatic carbocycles. The molecule has 1 heteroatoms. The summed E-state index contributed by atoms with van der Waals surface area (Å²) >= 11 is 0. The summed E-state index contributed by atoms with van der Waals surface area (Å²) < 4.78 is 0. The van der Waals surface area contributed by atoms with E-state index >= 15 is 0 Å². The largest absolute Gasteiger partial charge is 0.330 e. The summed E-state index contributed by atoms with van der Waals surface area (Å²) in [5.74, 6) is 0. The average molecular weight is 193 g/mol. The maximum Gasteiger partial charge on any atom is -0.00773 e. The predicted molar refractivity (Wildman–Crippen MR) is 64.4 cm³/mol. The maximum atomic E-state index is 5.21. The fraction of sp³-hybridized carbons (Fsp3) is 0.538. The molecule has 0 aliphatic heterocycles. The van der Waals surface area contributed by atoms with Gasteiger partial charge < -0.3 is 5.73 Å². The second-order valence-electron chi connectivity index (χ2n) is 3.33. The van der Waals surface area contributed by atoms with Crippen molar-refractivity contribution in [3.63, 3.8) is 0 Å². The van der Waals surface area contributed by atoms with Gasteiger partial charge in [-0.1, -0.05) is 57.0 Å². The number of hydrogen-bond acceptors (Lipinski definition) is 1. The van der Waals surface area contributed by atoms with Crippen LogP contribution >= 0.6 is 0 Å². The van der Waals surface area contributed by atoms with Gasteiger partial charge in [0, 0.05) is 0 Å². The van der Waals surface area contributed by atoms with Gasteiger partial charge in [-0.2, -0.15) is 0 Å². The van der Waals surface area contributed by atoms with Crippen molar-refractivity contribution in [2.45, 2.75) is 39.5 Å². The van der Waals surface area contributed by atoms with Crippen LogP contribution in [0, 0.1) is 0 Å². The molecule has 0 radical (unpaired) electrons. The number of unbranched alkanes of at least 4 members (excludes halogenated alkanes) is 2. The number of aryl methyl sites for hydroxylation is 1. The van der Waals surface area contributed by atoms with Crippen molar-refractivity contribution in [1.29, 1.82) is 0 Å². The molecule has 0 fully saturated rings. The van der Waals surface area contributed by atoms with Gasteiger partial charge in [0.2, 0.25) is 0 Å². The highest BCUT2D eigenvalue weighted by molar-refractivity contribution is 5.13. The lowest BCUT2D eigenvalue weighted by Gasteiger charge is -1.89. The first-order chi connectivity index (χ1) is 6.85. The van der Waals surface area contributed by atoms with Crippen LogP contribution in [-0.4, -0.2) is 6.54 Å². The van der Waals surface area contributed by atoms with Crippen LogP contribution in [0.15, 0.2) is 30.3 Å². The molecule has 0 aliphatic rings. The zero-order valence-electron chi connectivity index (χ0n) is 9.50. The fourth-order valence-corrected chi connectivity index (χ4v) is 1.11. The molecule has 14 heavy (non-hydrogen) atoms. The van der Waals surface area contributed by atoms with Crippen molar-refractivity contribution in [2.24, 2.45) is 5.73 Å². The molecular formula is C13H23N. The van der Waals surface area contributed by atoms with Gasteiger partial charge in [-0.3, -0.25) is 0 Å². The van der Waals surface area contributed by atoms with E-state index in [4.69, 9.17) is 5.73 Å². The Morgan fingerprint density at radius 2 is 1.64 bits per heavy atom. The van der Waals surface area contributed by atoms with Gasteiger partial charge in [-0.15, -0.1) is 0 Å². The summed E-state index contributed by atoms with van der Waals surface area (Å²) in [6, 6.07) is 10.5. The summed E-state index contributed by atoms with van der Waals surface area (Å²) in [7, 11) is 0. The van der Waals surface area contributed by atoms with Gasteiger partial charge in [0.1, 0.15) is 0 Å². The summed E-state index contributed by atoms with van der Waals surface area (Å²) in [6.45, 7) is 5.19. The summed E-state index contributed by atoms with van der Waals surface area (Å²) in [5, 5.41) is 0. The number of benzene rings is 1. The Kier molecular flexibility index (Phi) is 9.66. The monoisotopic (exact) mass is 193 g/mol. The van der Waals surface area contributed by atoms with Crippen molar-refractivity contribution in [3.8, 4) is 0 Å². The first-order valence-electron chi connectivity index (χ1n) is 5.59. The van der Waals surface area contributed by atoms with Gasteiger partial charge in [-0.05, 0) is 24.9 Å². The summed E-state index contributed by atoms with van der Waals surface area (Å²) in [6.07, 6.45) is 4.89. The maximum absolute atomic E-state index is 5.21. The SMILES string of the molecule is CCCCCN.CCc1ccccc1. The molecule has 2 N–H and O–H groups in total. The van der Waals surface area contributed by atoms with E-state index < -0.39 is 0 Å². The van der Waals surface area contributed by atoms with Gasteiger partial charge in [0.05, 0.1) is 0 Å². The third-order valence-electron chi connectivity index (χ3n) is 2.06. The van der Waals surface area contributed by atoms with Crippen LogP contribution in [0.2, 0.25) is 0 Å². The molecule has 0 saturated carbocycles. The second-order valence-corrected chi connectivity index (χ2v) is 3.33. The lowest BCUT2D eigenvalue weighted by Crippen LogP contribution is -1.96. The molecule has 1 aromatic rings. The predicted octanol–water partition coefficient (Wildman–Crippen LogP) is 3.38. The lowest BCUT2D eigenvalue weighted by atomic mass is 10.2. The number of rotatable bonds is 4. The molecule has 0 heterocycles. The van der Waals surface area contributed by atoms with Crippen molar-refractivity contribution in [1.82, 2.24) is 0 Å². The first kappa shape index (κ1) is 13.2. The van der Waals surface area contributed by atoms with Gasteiger partial charge in [-0.25, -0.2) is 0 Å². The van der Waals surface area contributed by atoms with E-state index in [1.165, 1.54) is 24.8 Å². The third kappa shape index (κ3) is 7.81. The quantitative estimate of drug-likeness (QED) is 0.729. The van der Waals surface area contributed by atoms with Crippen LogP contribution in [-0.2, 0) is 6.42 Å². The Morgan fingerprint density at radius 1 is 1.00 bits per heavy atom. The molecule has 1 rings (SSSR count). The fourth-order valence-electron chi connectivity index (χ4n) is 1.11. The third-order valence-corrected chi connectivity index (χ3v) is 2.06. The molecule has 0 aliphatic carbocycles. The molecule has 0 bridgehead atoms. The molecule has 0 amide bonds. The minimum absolute atomic E-state index is 0.855. The molecule has 0 atom stereocenters. The van der Waals surface area contributed by atoms with Gasteiger partial charge in [0.25, 0.3) is 0 Å². The Morgan fingerprint density at radius 3 is 1.93 bits per heavy atom. The Labute approximate surface area is 88.3 Å². The Bertz CT molecular complexity index is 190. The highest BCUT2D eigenvalue weighted by Gasteiger charge is 1.80. The molecule has 0 saturated heterocycles. The minimum atomic E-state index is 0.855. The highest BCUT2D eigenvalue weighted by atomic mass is 14.5. The topological polar surface area (TPSA) is 26.0 Å². The van der Waals surface area contributed by atoms with Gasteiger partial charge >= 0.3 is 0 Å². The van der Waals surface area contributed by atoms with Crippen LogP contribution in [0.4, 0.5) is 0 Å². The molecule has 0 aromatic heterocycles. The van der Waals surface area contributed by atoms with Crippen LogP contribution in [0.1, 0.15) is 38.7 Å². The van der Waals surface area contributed by atoms with E-state index in [1.807, 2.05) is 6.07 Å². The molecule has 80 valence electrons. The van der Waals surface area contributed by atoms with E-state index in [0.717, 1.165) is 13.0 Å². The normalized spacial score (nSPS) is 9.07. The average Bonchev–Trinajstić information content (AvgIpc) is 2.28. The van der Waals surface area contributed by atoms with Crippen molar-refractivity contribution < 1.29 is 0 Å². The molecule has 1 nitrogen and oxygen atoms in total.